The van der Waals surface area contributed by atoms with E-state index in [9.17, 15) is 4.79 Å². The van der Waals surface area contributed by atoms with Gasteiger partial charge >= 0.3 is 0 Å². The Morgan fingerprint density at radius 1 is 1.35 bits per heavy atom. The number of thiazole rings is 1. The van der Waals surface area contributed by atoms with E-state index in [1.165, 1.54) is 17.8 Å². The van der Waals surface area contributed by atoms with Crippen LogP contribution < -0.4 is 5.73 Å². The van der Waals surface area contributed by atoms with Crippen LogP contribution in [0.5, 0.6) is 0 Å². The minimum atomic E-state index is 0.114. The van der Waals surface area contributed by atoms with Crippen molar-refractivity contribution in [3.05, 3.63) is 32.9 Å². The quantitative estimate of drug-likeness (QED) is 0.926. The highest BCUT2D eigenvalue weighted by Crippen LogP contribution is 2.31. The molecule has 3 saturated heterocycles. The number of hydrogen-bond donors (Lipinski definition) is 1. The smallest absolute Gasteiger partial charge is 0.266 e. The number of nitrogens with two attached hydrogens (primary N) is 1. The molecule has 0 radical (unpaired) electrons. The molecule has 5 nitrogen and oxygen atoms in total. The van der Waals surface area contributed by atoms with Gasteiger partial charge in [-0.2, -0.15) is 0 Å². The van der Waals surface area contributed by atoms with Gasteiger partial charge in [0.2, 0.25) is 0 Å². The first kappa shape index (κ1) is 15.1. The standard InChI is InChI=1S/C16H20N4OS2/c17-14-3-4-23-15(14)16(21)20-6-11-1-2-13(20)8-19(5-11)7-12-9-22-10-18-12/h3-4,9-11,13H,1-2,5-8,17H2/t11-,13+/m0/s1. The summed E-state index contributed by atoms with van der Waals surface area (Å²) < 4.78 is 0. The summed E-state index contributed by atoms with van der Waals surface area (Å²) in [5.74, 6) is 0.667. The van der Waals surface area contributed by atoms with Crippen molar-refractivity contribution in [3.63, 3.8) is 0 Å². The van der Waals surface area contributed by atoms with Gasteiger partial charge in [0.25, 0.3) is 5.91 Å². The summed E-state index contributed by atoms with van der Waals surface area (Å²) in [6, 6.07) is 2.11. The summed E-state index contributed by atoms with van der Waals surface area (Å²) in [4.78, 5) is 22.5. The number of thiophene rings is 1. The zero-order chi connectivity index (χ0) is 15.8. The average molecular weight is 348 g/mol. The van der Waals surface area contributed by atoms with Gasteiger partial charge in [0, 0.05) is 37.6 Å². The molecule has 0 saturated carbocycles. The normalized spacial score (nSPS) is 24.8. The molecule has 7 heteroatoms. The Morgan fingerprint density at radius 2 is 2.26 bits per heavy atom. The van der Waals surface area contributed by atoms with Crippen LogP contribution in [0.25, 0.3) is 0 Å². The fourth-order valence-corrected chi connectivity index (χ4v) is 5.05. The molecule has 5 heterocycles. The molecule has 2 aromatic rings. The minimum absolute atomic E-state index is 0.114. The number of amides is 1. The van der Waals surface area contributed by atoms with Crippen LogP contribution in [-0.4, -0.2) is 46.4 Å². The Kier molecular flexibility index (Phi) is 4.09. The van der Waals surface area contributed by atoms with Crippen molar-refractivity contribution in [3.8, 4) is 0 Å². The molecule has 0 spiro atoms. The van der Waals surface area contributed by atoms with Gasteiger partial charge in [0.05, 0.1) is 16.9 Å². The van der Waals surface area contributed by atoms with E-state index in [1.807, 2.05) is 17.0 Å². The Morgan fingerprint density at radius 3 is 3.00 bits per heavy atom. The molecule has 2 N–H and O–H groups in total. The predicted octanol–water partition coefficient (Wildman–Crippen LogP) is 2.52. The third-order valence-corrected chi connectivity index (χ3v) is 6.36. The van der Waals surface area contributed by atoms with Gasteiger partial charge in [-0.15, -0.1) is 22.7 Å². The molecule has 5 rings (SSSR count). The summed E-state index contributed by atoms with van der Waals surface area (Å²) in [5.41, 5.74) is 9.58. The van der Waals surface area contributed by atoms with E-state index in [2.05, 4.69) is 20.2 Å². The third-order valence-electron chi connectivity index (χ3n) is 4.81. The van der Waals surface area contributed by atoms with Crippen molar-refractivity contribution >= 4 is 34.3 Å². The monoisotopic (exact) mass is 348 g/mol. The summed E-state index contributed by atoms with van der Waals surface area (Å²) in [5, 5.41) is 4.01. The lowest BCUT2D eigenvalue weighted by molar-refractivity contribution is 0.0591. The van der Waals surface area contributed by atoms with Crippen molar-refractivity contribution in [1.82, 2.24) is 14.8 Å². The zero-order valence-corrected chi connectivity index (χ0v) is 14.5. The van der Waals surface area contributed by atoms with Crippen LogP contribution in [0.4, 0.5) is 5.69 Å². The molecule has 0 unspecified atom stereocenters. The van der Waals surface area contributed by atoms with Crippen LogP contribution in [0.2, 0.25) is 0 Å². The first-order chi connectivity index (χ1) is 11.2. The maximum absolute atomic E-state index is 12.9. The van der Waals surface area contributed by atoms with Crippen LogP contribution in [0.15, 0.2) is 22.3 Å². The van der Waals surface area contributed by atoms with Crippen molar-refractivity contribution < 1.29 is 4.79 Å². The number of nitrogen functional groups attached to an aromatic ring is 1. The predicted molar refractivity (Wildman–Crippen MR) is 93.7 cm³/mol. The van der Waals surface area contributed by atoms with E-state index >= 15 is 0 Å². The Bertz CT molecular complexity index is 684. The van der Waals surface area contributed by atoms with Crippen molar-refractivity contribution in [2.75, 3.05) is 25.4 Å². The molecule has 23 heavy (non-hydrogen) atoms. The molecule has 2 atom stereocenters. The minimum Gasteiger partial charge on any atom is -0.397 e. The van der Waals surface area contributed by atoms with Gasteiger partial charge in [-0.25, -0.2) is 4.98 Å². The van der Waals surface area contributed by atoms with Crippen LogP contribution >= 0.6 is 22.7 Å². The van der Waals surface area contributed by atoms with E-state index < -0.39 is 0 Å². The number of carbonyl (C=O) groups excluding carboxylic acids is 1. The van der Waals surface area contributed by atoms with Gasteiger partial charge in [-0.1, -0.05) is 0 Å². The molecular weight excluding hydrogens is 328 g/mol. The number of rotatable bonds is 3. The van der Waals surface area contributed by atoms with Crippen LogP contribution in [-0.2, 0) is 6.54 Å². The molecule has 3 aliphatic heterocycles. The Labute approximate surface area is 143 Å². The molecule has 122 valence electrons. The molecule has 3 aliphatic rings. The largest absolute Gasteiger partial charge is 0.397 e. The summed E-state index contributed by atoms with van der Waals surface area (Å²) >= 11 is 3.09. The van der Waals surface area contributed by atoms with Crippen LogP contribution in [0.1, 0.15) is 28.2 Å². The zero-order valence-electron chi connectivity index (χ0n) is 12.9. The fourth-order valence-electron chi connectivity index (χ4n) is 3.73. The lowest BCUT2D eigenvalue weighted by Gasteiger charge is -2.36. The number of hydrogen-bond acceptors (Lipinski definition) is 6. The van der Waals surface area contributed by atoms with E-state index in [0.29, 0.717) is 22.5 Å². The number of piperidine rings is 1. The highest BCUT2D eigenvalue weighted by molar-refractivity contribution is 7.12. The molecule has 0 aromatic carbocycles. The van der Waals surface area contributed by atoms with Crippen molar-refractivity contribution in [2.45, 2.75) is 25.4 Å². The second kappa shape index (κ2) is 6.22. The van der Waals surface area contributed by atoms with Gasteiger partial charge in [0.1, 0.15) is 4.88 Å². The Hall–Kier alpha value is -1.44. The molecule has 2 bridgehead atoms. The number of carbonyl (C=O) groups is 1. The van der Waals surface area contributed by atoms with Crippen molar-refractivity contribution in [1.29, 1.82) is 0 Å². The fraction of sp³-hybridized carbons (Fsp3) is 0.500. The average Bonchev–Trinajstić information content (AvgIpc) is 3.11. The molecule has 0 aliphatic carbocycles. The molecule has 3 fully saturated rings. The second-order valence-corrected chi connectivity index (χ2v) is 8.07. The second-order valence-electron chi connectivity index (χ2n) is 6.43. The van der Waals surface area contributed by atoms with E-state index in [-0.39, 0.29) is 5.91 Å². The van der Waals surface area contributed by atoms with Crippen LogP contribution in [0, 0.1) is 5.92 Å². The topological polar surface area (TPSA) is 62.5 Å². The molecule has 1 amide bonds. The number of nitrogens with zero attached hydrogens (tertiary/aromatic N) is 3. The molecular formula is C16H20N4OS2. The SMILES string of the molecule is Nc1ccsc1C(=O)N1C[C@H]2CC[C@@H]1CN(Cc1cscn1)C2. The third kappa shape index (κ3) is 3.00. The van der Waals surface area contributed by atoms with Gasteiger partial charge in [-0.05, 0) is 30.2 Å². The Balaban J connectivity index is 1.51. The van der Waals surface area contributed by atoms with Gasteiger partial charge in [-0.3, -0.25) is 9.69 Å². The van der Waals surface area contributed by atoms with E-state index in [4.69, 9.17) is 5.73 Å². The molecule has 2 aromatic heterocycles. The summed E-state index contributed by atoms with van der Waals surface area (Å²) in [7, 11) is 0. The maximum Gasteiger partial charge on any atom is 0.266 e. The summed E-state index contributed by atoms with van der Waals surface area (Å²) in [6.07, 6.45) is 2.30. The number of fused-ring (bicyclic) bond motifs is 4. The first-order valence-electron chi connectivity index (χ1n) is 7.94. The lowest BCUT2D eigenvalue weighted by atomic mass is 9.95. The highest BCUT2D eigenvalue weighted by atomic mass is 32.1. The number of aromatic nitrogens is 1. The highest BCUT2D eigenvalue weighted by Gasteiger charge is 2.38. The van der Waals surface area contributed by atoms with Crippen molar-refractivity contribution in [2.24, 2.45) is 5.92 Å². The van der Waals surface area contributed by atoms with E-state index in [0.717, 1.165) is 38.3 Å². The maximum atomic E-state index is 12.9. The van der Waals surface area contributed by atoms with Crippen LogP contribution in [0.3, 0.4) is 0 Å². The summed E-state index contributed by atoms with van der Waals surface area (Å²) in [6.45, 7) is 3.73. The van der Waals surface area contributed by atoms with Gasteiger partial charge in [0.15, 0.2) is 0 Å². The first-order valence-corrected chi connectivity index (χ1v) is 9.76. The lowest BCUT2D eigenvalue weighted by Crippen LogP contribution is -2.47. The number of anilines is 1. The van der Waals surface area contributed by atoms with Gasteiger partial charge < -0.3 is 10.6 Å². The van der Waals surface area contributed by atoms with E-state index in [1.54, 1.807) is 11.3 Å².